The first-order chi connectivity index (χ1) is 8.67. The Labute approximate surface area is 114 Å². The van der Waals surface area contributed by atoms with E-state index >= 15 is 0 Å². The number of rotatable bonds is 2. The smallest absolute Gasteiger partial charge is 0.410 e. The number of likely N-dealkylation sites (tertiary alicyclic amines) is 1. The minimum Gasteiger partial charge on any atom is -0.481 e. The van der Waals surface area contributed by atoms with Crippen LogP contribution >= 0.6 is 0 Å². The highest BCUT2D eigenvalue weighted by atomic mass is 16.6. The fourth-order valence-electron chi connectivity index (χ4n) is 2.75. The number of carboxylic acid groups (broad SMARTS) is 1. The second kappa shape index (κ2) is 5.80. The molecule has 1 rings (SSSR count). The van der Waals surface area contributed by atoms with Crippen LogP contribution in [0.5, 0.6) is 0 Å². The molecule has 5 nitrogen and oxygen atoms in total. The van der Waals surface area contributed by atoms with E-state index in [0.717, 1.165) is 6.42 Å². The number of carbonyl (C=O) groups is 2. The normalized spacial score (nSPS) is 28.1. The second-order valence-electron chi connectivity index (χ2n) is 6.24. The molecule has 0 aromatic carbocycles. The first-order valence-electron chi connectivity index (χ1n) is 6.89. The van der Waals surface area contributed by atoms with Crippen molar-refractivity contribution >= 4 is 12.1 Å². The second-order valence-corrected chi connectivity index (χ2v) is 6.24. The van der Waals surface area contributed by atoms with Gasteiger partial charge in [0.1, 0.15) is 5.60 Å². The Morgan fingerprint density at radius 1 is 1.37 bits per heavy atom. The van der Waals surface area contributed by atoms with Crippen molar-refractivity contribution in [3.05, 3.63) is 0 Å². The van der Waals surface area contributed by atoms with Gasteiger partial charge in [-0.1, -0.05) is 13.8 Å². The molecule has 1 N–H and O–H groups in total. The van der Waals surface area contributed by atoms with E-state index in [1.165, 1.54) is 0 Å². The van der Waals surface area contributed by atoms with Gasteiger partial charge in [-0.2, -0.15) is 0 Å². The Morgan fingerprint density at radius 3 is 2.37 bits per heavy atom. The van der Waals surface area contributed by atoms with Gasteiger partial charge in [-0.3, -0.25) is 4.79 Å². The number of hydrogen-bond donors (Lipinski definition) is 1. The summed E-state index contributed by atoms with van der Waals surface area (Å²) in [6.07, 6.45) is 0.895. The van der Waals surface area contributed by atoms with Gasteiger partial charge in [0.15, 0.2) is 0 Å². The fraction of sp³-hybridized carbons (Fsp3) is 0.857. The van der Waals surface area contributed by atoms with Crippen LogP contribution in [0.2, 0.25) is 0 Å². The van der Waals surface area contributed by atoms with Gasteiger partial charge in [-0.05, 0) is 39.5 Å². The van der Waals surface area contributed by atoms with Crippen LogP contribution in [0.3, 0.4) is 0 Å². The standard InChI is InChI=1S/C14H25NO4/c1-6-11-9(2)10(12(16)17)7-8-15(11)13(18)19-14(3,4)5/h9-11H,6-8H2,1-5H3,(H,16,17). The molecule has 3 atom stereocenters. The summed E-state index contributed by atoms with van der Waals surface area (Å²) in [5.41, 5.74) is -0.526. The first kappa shape index (κ1) is 15.8. The molecule has 1 aliphatic rings. The zero-order chi connectivity index (χ0) is 14.8. The topological polar surface area (TPSA) is 66.8 Å². The molecule has 1 fully saturated rings. The monoisotopic (exact) mass is 271 g/mol. The lowest BCUT2D eigenvalue weighted by molar-refractivity contribution is -0.146. The minimum atomic E-state index is -0.769. The van der Waals surface area contributed by atoms with Crippen LogP contribution in [-0.4, -0.2) is 40.3 Å². The van der Waals surface area contributed by atoms with Crippen molar-refractivity contribution in [3.8, 4) is 0 Å². The van der Waals surface area contributed by atoms with Gasteiger partial charge >= 0.3 is 12.1 Å². The molecule has 0 saturated carbocycles. The van der Waals surface area contributed by atoms with Crippen LogP contribution in [0.25, 0.3) is 0 Å². The van der Waals surface area contributed by atoms with Gasteiger partial charge < -0.3 is 14.7 Å². The van der Waals surface area contributed by atoms with Gasteiger partial charge in [-0.15, -0.1) is 0 Å². The summed E-state index contributed by atoms with van der Waals surface area (Å²) in [6, 6.07) is -0.0651. The third kappa shape index (κ3) is 3.85. The summed E-state index contributed by atoms with van der Waals surface area (Å²) < 4.78 is 5.39. The number of carboxylic acids is 1. The average Bonchev–Trinajstić information content (AvgIpc) is 2.25. The van der Waals surface area contributed by atoms with Crippen molar-refractivity contribution in [2.45, 2.75) is 59.1 Å². The Balaban J connectivity index is 2.81. The number of ether oxygens (including phenoxy) is 1. The molecular formula is C14H25NO4. The number of piperidine rings is 1. The van der Waals surface area contributed by atoms with Crippen molar-refractivity contribution in [1.82, 2.24) is 4.90 Å². The molecule has 1 heterocycles. The molecule has 0 aromatic heterocycles. The zero-order valence-corrected chi connectivity index (χ0v) is 12.5. The maximum atomic E-state index is 12.2. The molecule has 0 aromatic rings. The summed E-state index contributed by atoms with van der Waals surface area (Å²) in [7, 11) is 0. The molecule has 0 radical (unpaired) electrons. The molecule has 0 aliphatic carbocycles. The number of amides is 1. The van der Waals surface area contributed by atoms with Crippen LogP contribution in [0.15, 0.2) is 0 Å². The number of hydrogen-bond acceptors (Lipinski definition) is 3. The molecule has 110 valence electrons. The Morgan fingerprint density at radius 2 is 1.95 bits per heavy atom. The highest BCUT2D eigenvalue weighted by Gasteiger charge is 2.41. The number of aliphatic carboxylic acids is 1. The number of carbonyl (C=O) groups excluding carboxylic acids is 1. The predicted molar refractivity (Wildman–Crippen MR) is 71.9 cm³/mol. The van der Waals surface area contributed by atoms with E-state index in [2.05, 4.69) is 0 Å². The molecule has 3 unspecified atom stereocenters. The summed E-state index contributed by atoms with van der Waals surface area (Å²) in [4.78, 5) is 25.0. The molecule has 1 aliphatic heterocycles. The molecule has 19 heavy (non-hydrogen) atoms. The lowest BCUT2D eigenvalue weighted by Gasteiger charge is -2.42. The summed E-state index contributed by atoms with van der Waals surface area (Å²) in [5.74, 6) is -1.19. The lowest BCUT2D eigenvalue weighted by Crippen LogP contribution is -2.53. The summed E-state index contributed by atoms with van der Waals surface area (Å²) >= 11 is 0. The van der Waals surface area contributed by atoms with Crippen LogP contribution in [-0.2, 0) is 9.53 Å². The van der Waals surface area contributed by atoms with Gasteiger partial charge in [0.2, 0.25) is 0 Å². The van der Waals surface area contributed by atoms with E-state index in [1.807, 2.05) is 34.6 Å². The van der Waals surface area contributed by atoms with E-state index in [4.69, 9.17) is 4.74 Å². The van der Waals surface area contributed by atoms with Crippen molar-refractivity contribution in [2.75, 3.05) is 6.54 Å². The van der Waals surface area contributed by atoms with Crippen LogP contribution in [0.1, 0.15) is 47.5 Å². The molecule has 1 amide bonds. The predicted octanol–water partition coefficient (Wildman–Crippen LogP) is 2.74. The Bertz CT molecular complexity index is 348. The summed E-state index contributed by atoms with van der Waals surface area (Å²) in [6.45, 7) is 9.83. The van der Waals surface area contributed by atoms with Crippen molar-refractivity contribution in [3.63, 3.8) is 0 Å². The molecule has 0 spiro atoms. The first-order valence-corrected chi connectivity index (χ1v) is 6.89. The highest BCUT2D eigenvalue weighted by molar-refractivity contribution is 5.72. The van der Waals surface area contributed by atoms with E-state index in [0.29, 0.717) is 13.0 Å². The van der Waals surface area contributed by atoms with Gasteiger partial charge in [0, 0.05) is 12.6 Å². The fourth-order valence-corrected chi connectivity index (χ4v) is 2.75. The Kier molecular flexibility index (Phi) is 4.82. The van der Waals surface area contributed by atoms with Crippen LogP contribution < -0.4 is 0 Å². The van der Waals surface area contributed by atoms with Crippen molar-refractivity contribution in [1.29, 1.82) is 0 Å². The van der Waals surface area contributed by atoms with Gasteiger partial charge in [0.25, 0.3) is 0 Å². The largest absolute Gasteiger partial charge is 0.481 e. The lowest BCUT2D eigenvalue weighted by atomic mass is 9.80. The molecule has 5 heteroatoms. The van der Waals surface area contributed by atoms with E-state index < -0.39 is 11.6 Å². The SMILES string of the molecule is CCC1C(C)C(C(=O)O)CCN1C(=O)OC(C)(C)C. The molecule has 1 saturated heterocycles. The number of nitrogens with zero attached hydrogens (tertiary/aromatic N) is 1. The van der Waals surface area contributed by atoms with Gasteiger partial charge in [0.05, 0.1) is 5.92 Å². The van der Waals surface area contributed by atoms with E-state index in [-0.39, 0.29) is 24.0 Å². The van der Waals surface area contributed by atoms with E-state index in [1.54, 1.807) is 4.90 Å². The maximum Gasteiger partial charge on any atom is 0.410 e. The average molecular weight is 271 g/mol. The van der Waals surface area contributed by atoms with Crippen molar-refractivity contribution < 1.29 is 19.4 Å². The van der Waals surface area contributed by atoms with Crippen molar-refractivity contribution in [2.24, 2.45) is 11.8 Å². The third-order valence-corrected chi connectivity index (χ3v) is 3.69. The summed E-state index contributed by atoms with van der Waals surface area (Å²) in [5, 5.41) is 9.20. The molecule has 0 bridgehead atoms. The van der Waals surface area contributed by atoms with E-state index in [9.17, 15) is 14.7 Å². The maximum absolute atomic E-state index is 12.2. The highest BCUT2D eigenvalue weighted by Crippen LogP contribution is 2.32. The zero-order valence-electron chi connectivity index (χ0n) is 12.5. The Hall–Kier alpha value is -1.26. The van der Waals surface area contributed by atoms with Crippen LogP contribution in [0, 0.1) is 11.8 Å². The quantitative estimate of drug-likeness (QED) is 0.838. The van der Waals surface area contributed by atoms with Gasteiger partial charge in [-0.25, -0.2) is 4.79 Å². The third-order valence-electron chi connectivity index (χ3n) is 3.69. The minimum absolute atomic E-state index is 0.0521. The molecular weight excluding hydrogens is 246 g/mol. The van der Waals surface area contributed by atoms with Crippen LogP contribution in [0.4, 0.5) is 4.79 Å².